The van der Waals surface area contributed by atoms with Gasteiger partial charge in [-0.15, -0.1) is 11.8 Å². The maximum absolute atomic E-state index is 6.37. The first-order valence-corrected chi connectivity index (χ1v) is 7.04. The Morgan fingerprint density at radius 1 is 1.47 bits per heavy atom. The molecule has 0 bridgehead atoms. The van der Waals surface area contributed by atoms with Crippen LogP contribution in [0.25, 0.3) is 0 Å². The maximum atomic E-state index is 6.37. The van der Waals surface area contributed by atoms with E-state index >= 15 is 0 Å². The Labute approximate surface area is 112 Å². The van der Waals surface area contributed by atoms with Crippen LogP contribution >= 0.6 is 23.4 Å². The third kappa shape index (κ3) is 2.16. The molecule has 1 aromatic rings. The monoisotopic (exact) mass is 271 g/mol. The molecule has 1 atom stereocenters. The molecule has 2 rings (SSSR count). The van der Waals surface area contributed by atoms with Crippen molar-refractivity contribution in [1.82, 2.24) is 5.32 Å². The number of rotatable bonds is 2. The summed E-state index contributed by atoms with van der Waals surface area (Å²) in [6, 6.07) is 4.13. The van der Waals surface area contributed by atoms with Crippen LogP contribution < -0.4 is 10.1 Å². The molecule has 1 aromatic carbocycles. The fourth-order valence-electron chi connectivity index (χ4n) is 2.45. The Balaban J connectivity index is 2.60. The van der Waals surface area contributed by atoms with E-state index < -0.39 is 0 Å². The zero-order valence-corrected chi connectivity index (χ0v) is 12.2. The van der Waals surface area contributed by atoms with Gasteiger partial charge < -0.3 is 10.1 Å². The van der Waals surface area contributed by atoms with Gasteiger partial charge in [0.15, 0.2) is 0 Å². The molecule has 0 amide bonds. The first kappa shape index (κ1) is 13.1. The van der Waals surface area contributed by atoms with E-state index in [1.807, 2.05) is 30.9 Å². The molecule has 1 N–H and O–H groups in total. The normalized spacial score (nSPS) is 22.1. The summed E-state index contributed by atoms with van der Waals surface area (Å²) in [5, 5.41) is 4.21. The average molecular weight is 272 g/mol. The Morgan fingerprint density at radius 2 is 2.18 bits per heavy atom. The standard InChI is InChI=1S/C13H18ClNOS/c1-13(2)12(15-3)11-8(7-17-13)10(16-4)6-5-9(11)14/h5-6,12,15H,7H2,1-4H3. The molecule has 0 saturated carbocycles. The SMILES string of the molecule is CNC1c2c(Cl)ccc(OC)c2CSC1(C)C. The summed E-state index contributed by atoms with van der Waals surface area (Å²) in [4.78, 5) is 0. The highest BCUT2D eigenvalue weighted by Gasteiger charge is 2.38. The maximum Gasteiger partial charge on any atom is 0.123 e. The minimum absolute atomic E-state index is 0.137. The quantitative estimate of drug-likeness (QED) is 0.887. The molecule has 1 aliphatic rings. The van der Waals surface area contributed by atoms with E-state index in [2.05, 4.69) is 19.2 Å². The van der Waals surface area contributed by atoms with Gasteiger partial charge in [0.05, 0.1) is 7.11 Å². The van der Waals surface area contributed by atoms with Crippen LogP contribution in [0.2, 0.25) is 5.02 Å². The molecule has 0 aromatic heterocycles. The summed E-state index contributed by atoms with van der Waals surface area (Å²) in [5.74, 6) is 1.89. The molecule has 0 spiro atoms. The molecule has 94 valence electrons. The summed E-state index contributed by atoms with van der Waals surface area (Å²) in [6.45, 7) is 4.50. The predicted molar refractivity (Wildman–Crippen MR) is 75.2 cm³/mol. The zero-order valence-electron chi connectivity index (χ0n) is 10.6. The van der Waals surface area contributed by atoms with Crippen molar-refractivity contribution in [2.45, 2.75) is 30.4 Å². The number of hydrogen-bond donors (Lipinski definition) is 1. The number of nitrogens with one attached hydrogen (secondary N) is 1. The second-order valence-electron chi connectivity index (χ2n) is 4.76. The summed E-state index contributed by atoms with van der Waals surface area (Å²) in [7, 11) is 3.69. The molecular weight excluding hydrogens is 254 g/mol. The molecule has 0 radical (unpaired) electrons. The van der Waals surface area contributed by atoms with E-state index in [1.54, 1.807) is 7.11 Å². The van der Waals surface area contributed by atoms with Crippen LogP contribution in [0.4, 0.5) is 0 Å². The van der Waals surface area contributed by atoms with E-state index in [0.717, 1.165) is 16.5 Å². The predicted octanol–water partition coefficient (Wildman–Crippen LogP) is 3.63. The van der Waals surface area contributed by atoms with Gasteiger partial charge >= 0.3 is 0 Å². The Kier molecular flexibility index (Phi) is 3.62. The van der Waals surface area contributed by atoms with Crippen LogP contribution in [0.15, 0.2) is 12.1 Å². The number of benzene rings is 1. The van der Waals surface area contributed by atoms with Crippen molar-refractivity contribution in [2.24, 2.45) is 0 Å². The Morgan fingerprint density at radius 3 is 2.76 bits per heavy atom. The van der Waals surface area contributed by atoms with E-state index in [1.165, 1.54) is 11.1 Å². The summed E-state index contributed by atoms with van der Waals surface area (Å²) < 4.78 is 5.57. The van der Waals surface area contributed by atoms with Crippen LogP contribution in [-0.4, -0.2) is 18.9 Å². The van der Waals surface area contributed by atoms with Gasteiger partial charge in [-0.25, -0.2) is 0 Å². The Bertz CT molecular complexity index is 434. The van der Waals surface area contributed by atoms with E-state index in [9.17, 15) is 0 Å². The summed E-state index contributed by atoms with van der Waals surface area (Å²) in [5.41, 5.74) is 2.42. The van der Waals surface area contributed by atoms with E-state index in [0.29, 0.717) is 0 Å². The highest BCUT2D eigenvalue weighted by atomic mass is 35.5. The number of halogens is 1. The van der Waals surface area contributed by atoms with E-state index in [-0.39, 0.29) is 10.8 Å². The van der Waals surface area contributed by atoms with Crippen molar-refractivity contribution in [3.8, 4) is 5.75 Å². The lowest BCUT2D eigenvalue weighted by Gasteiger charge is -2.40. The second kappa shape index (κ2) is 4.71. The topological polar surface area (TPSA) is 21.3 Å². The fraction of sp³-hybridized carbons (Fsp3) is 0.538. The molecular formula is C13H18ClNOS. The molecule has 17 heavy (non-hydrogen) atoms. The lowest BCUT2D eigenvalue weighted by molar-refractivity contribution is 0.405. The van der Waals surface area contributed by atoms with Gasteiger partial charge in [-0.2, -0.15) is 0 Å². The van der Waals surface area contributed by atoms with Crippen LogP contribution in [0.3, 0.4) is 0 Å². The van der Waals surface area contributed by atoms with Crippen molar-refractivity contribution >= 4 is 23.4 Å². The van der Waals surface area contributed by atoms with Gasteiger partial charge in [0.25, 0.3) is 0 Å². The molecule has 2 nitrogen and oxygen atoms in total. The highest BCUT2D eigenvalue weighted by Crippen LogP contribution is 2.50. The number of fused-ring (bicyclic) bond motifs is 1. The van der Waals surface area contributed by atoms with Crippen molar-refractivity contribution < 1.29 is 4.74 Å². The van der Waals surface area contributed by atoms with Gasteiger partial charge in [-0.05, 0) is 38.6 Å². The number of methoxy groups -OCH3 is 1. The largest absolute Gasteiger partial charge is 0.496 e. The minimum atomic E-state index is 0.137. The Hall–Kier alpha value is -0.380. The first-order valence-electron chi connectivity index (χ1n) is 5.67. The zero-order chi connectivity index (χ0) is 12.6. The molecule has 1 aliphatic heterocycles. The lowest BCUT2D eigenvalue weighted by atomic mass is 9.90. The van der Waals surface area contributed by atoms with Gasteiger partial charge in [-0.1, -0.05) is 11.6 Å². The molecule has 1 unspecified atom stereocenters. The summed E-state index contributed by atoms with van der Waals surface area (Å²) in [6.07, 6.45) is 0. The first-order chi connectivity index (χ1) is 8.01. The number of ether oxygens (including phenoxy) is 1. The van der Waals surface area contributed by atoms with Gasteiger partial charge in [0.2, 0.25) is 0 Å². The molecule has 4 heteroatoms. The van der Waals surface area contributed by atoms with Gasteiger partial charge in [0.1, 0.15) is 5.75 Å². The van der Waals surface area contributed by atoms with Gasteiger partial charge in [-0.3, -0.25) is 0 Å². The van der Waals surface area contributed by atoms with Crippen LogP contribution in [0, 0.1) is 0 Å². The van der Waals surface area contributed by atoms with Crippen molar-refractivity contribution in [2.75, 3.05) is 14.2 Å². The lowest BCUT2D eigenvalue weighted by Crippen LogP contribution is -2.38. The molecule has 0 aliphatic carbocycles. The molecule has 0 saturated heterocycles. The molecule has 1 heterocycles. The van der Waals surface area contributed by atoms with Crippen LogP contribution in [0.1, 0.15) is 31.0 Å². The van der Waals surface area contributed by atoms with Gasteiger partial charge in [0, 0.05) is 27.1 Å². The van der Waals surface area contributed by atoms with Crippen LogP contribution in [-0.2, 0) is 5.75 Å². The minimum Gasteiger partial charge on any atom is -0.496 e. The third-order valence-electron chi connectivity index (χ3n) is 3.34. The van der Waals surface area contributed by atoms with Crippen molar-refractivity contribution in [3.05, 3.63) is 28.3 Å². The number of hydrogen-bond acceptors (Lipinski definition) is 3. The van der Waals surface area contributed by atoms with Crippen molar-refractivity contribution in [3.63, 3.8) is 0 Å². The third-order valence-corrected chi connectivity index (χ3v) is 5.08. The number of thioether (sulfide) groups is 1. The molecule has 0 fully saturated rings. The second-order valence-corrected chi connectivity index (χ2v) is 6.79. The highest BCUT2D eigenvalue weighted by molar-refractivity contribution is 8.00. The van der Waals surface area contributed by atoms with E-state index in [4.69, 9.17) is 16.3 Å². The van der Waals surface area contributed by atoms with Crippen LogP contribution in [0.5, 0.6) is 5.75 Å². The average Bonchev–Trinajstić information content (AvgIpc) is 2.29. The smallest absolute Gasteiger partial charge is 0.123 e. The fourth-order valence-corrected chi connectivity index (χ4v) is 3.95. The summed E-state index contributed by atoms with van der Waals surface area (Å²) >= 11 is 8.30. The van der Waals surface area contributed by atoms with Crippen molar-refractivity contribution in [1.29, 1.82) is 0 Å².